The average molecular weight is 259 g/mol. The summed E-state index contributed by atoms with van der Waals surface area (Å²) in [4.78, 5) is 10.6. The molecule has 0 aromatic rings. The Labute approximate surface area is 111 Å². The van der Waals surface area contributed by atoms with E-state index in [0.29, 0.717) is 12.0 Å². The molecule has 0 aliphatic carbocycles. The molecule has 0 amide bonds. The van der Waals surface area contributed by atoms with E-state index in [1.54, 1.807) is 6.92 Å². The van der Waals surface area contributed by atoms with Crippen molar-refractivity contribution >= 4 is 5.97 Å². The molecule has 4 heteroatoms. The number of carboxylic acid groups (broad SMARTS) is 1. The number of rotatable bonds is 11. The summed E-state index contributed by atoms with van der Waals surface area (Å²) in [5.41, 5.74) is 0. The second-order valence-electron chi connectivity index (χ2n) is 5.49. The zero-order valence-corrected chi connectivity index (χ0v) is 12.2. The van der Waals surface area contributed by atoms with Gasteiger partial charge < -0.3 is 15.2 Å². The molecule has 0 saturated heterocycles. The highest BCUT2D eigenvalue weighted by molar-refractivity contribution is 5.69. The maximum Gasteiger partial charge on any atom is 0.306 e. The Morgan fingerprint density at radius 3 is 2.44 bits per heavy atom. The average Bonchev–Trinajstić information content (AvgIpc) is 2.27. The van der Waals surface area contributed by atoms with Crippen molar-refractivity contribution in [3.05, 3.63) is 0 Å². The summed E-state index contributed by atoms with van der Waals surface area (Å²) in [6, 6.07) is 0.425. The second-order valence-corrected chi connectivity index (χ2v) is 5.49. The fraction of sp³-hybridized carbons (Fsp3) is 0.929. The summed E-state index contributed by atoms with van der Waals surface area (Å²) >= 11 is 0. The van der Waals surface area contributed by atoms with E-state index in [0.717, 1.165) is 39.0 Å². The van der Waals surface area contributed by atoms with Crippen LogP contribution < -0.4 is 5.32 Å². The van der Waals surface area contributed by atoms with Crippen LogP contribution >= 0.6 is 0 Å². The van der Waals surface area contributed by atoms with Gasteiger partial charge >= 0.3 is 5.97 Å². The number of hydrogen-bond donors (Lipinski definition) is 2. The van der Waals surface area contributed by atoms with E-state index in [4.69, 9.17) is 9.84 Å². The van der Waals surface area contributed by atoms with Crippen LogP contribution in [-0.4, -0.2) is 36.9 Å². The fourth-order valence-corrected chi connectivity index (χ4v) is 1.65. The lowest BCUT2D eigenvalue weighted by molar-refractivity contribution is -0.141. The van der Waals surface area contributed by atoms with Gasteiger partial charge in [-0.3, -0.25) is 4.79 Å². The molecule has 0 radical (unpaired) electrons. The molecule has 2 unspecified atom stereocenters. The predicted octanol–water partition coefficient (Wildman–Crippen LogP) is 2.53. The highest BCUT2D eigenvalue weighted by atomic mass is 16.5. The fourth-order valence-electron chi connectivity index (χ4n) is 1.65. The van der Waals surface area contributed by atoms with Crippen molar-refractivity contribution in [1.29, 1.82) is 0 Å². The van der Waals surface area contributed by atoms with Crippen molar-refractivity contribution in [2.75, 3.05) is 19.8 Å². The van der Waals surface area contributed by atoms with Gasteiger partial charge in [0.15, 0.2) is 0 Å². The van der Waals surface area contributed by atoms with E-state index in [1.165, 1.54) is 0 Å². The zero-order valence-electron chi connectivity index (χ0n) is 12.2. The van der Waals surface area contributed by atoms with E-state index < -0.39 is 5.97 Å². The lowest BCUT2D eigenvalue weighted by atomic mass is 10.0. The van der Waals surface area contributed by atoms with Gasteiger partial charge in [-0.25, -0.2) is 0 Å². The SMILES string of the molecule is CC(C)COCCNC(C)CCCC(C)C(=O)O. The van der Waals surface area contributed by atoms with Crippen LogP contribution in [0.25, 0.3) is 0 Å². The quantitative estimate of drug-likeness (QED) is 0.560. The monoisotopic (exact) mass is 259 g/mol. The first-order valence-corrected chi connectivity index (χ1v) is 6.97. The summed E-state index contributed by atoms with van der Waals surface area (Å²) < 4.78 is 5.48. The second kappa shape index (κ2) is 10.3. The molecule has 0 saturated carbocycles. The molecule has 0 aromatic heterocycles. The minimum absolute atomic E-state index is 0.230. The molecule has 108 valence electrons. The normalized spacial score (nSPS) is 14.7. The van der Waals surface area contributed by atoms with Crippen molar-refractivity contribution in [2.45, 2.75) is 53.0 Å². The lowest BCUT2D eigenvalue weighted by Gasteiger charge is -2.15. The topological polar surface area (TPSA) is 58.6 Å². The van der Waals surface area contributed by atoms with E-state index in [-0.39, 0.29) is 5.92 Å². The van der Waals surface area contributed by atoms with Gasteiger partial charge in [-0.05, 0) is 25.7 Å². The van der Waals surface area contributed by atoms with E-state index in [2.05, 4.69) is 26.1 Å². The van der Waals surface area contributed by atoms with Crippen molar-refractivity contribution in [3.8, 4) is 0 Å². The van der Waals surface area contributed by atoms with Gasteiger partial charge in [-0.1, -0.05) is 27.2 Å². The summed E-state index contributed by atoms with van der Waals surface area (Å²) in [5, 5.41) is 12.1. The Hall–Kier alpha value is -0.610. The molecule has 2 atom stereocenters. The molecule has 0 heterocycles. The lowest BCUT2D eigenvalue weighted by Crippen LogP contribution is -2.29. The molecule has 0 fully saturated rings. The molecule has 0 aliphatic rings. The van der Waals surface area contributed by atoms with Crippen LogP contribution in [0.3, 0.4) is 0 Å². The van der Waals surface area contributed by atoms with Gasteiger partial charge in [0.1, 0.15) is 0 Å². The minimum Gasteiger partial charge on any atom is -0.481 e. The highest BCUT2D eigenvalue weighted by Crippen LogP contribution is 2.09. The Bertz CT molecular complexity index is 219. The van der Waals surface area contributed by atoms with Gasteiger partial charge in [0.2, 0.25) is 0 Å². The number of aliphatic carboxylic acids is 1. The highest BCUT2D eigenvalue weighted by Gasteiger charge is 2.10. The number of carbonyl (C=O) groups is 1. The molecular formula is C14H29NO3. The molecule has 0 aromatic carbocycles. The summed E-state index contributed by atoms with van der Waals surface area (Å²) in [6.07, 6.45) is 2.72. The van der Waals surface area contributed by atoms with Crippen LogP contribution in [0.5, 0.6) is 0 Å². The van der Waals surface area contributed by atoms with Gasteiger partial charge in [0, 0.05) is 19.2 Å². The van der Waals surface area contributed by atoms with Gasteiger partial charge in [-0.15, -0.1) is 0 Å². The van der Waals surface area contributed by atoms with Crippen molar-refractivity contribution in [2.24, 2.45) is 11.8 Å². The summed E-state index contributed by atoms with van der Waals surface area (Å²) in [6.45, 7) is 10.6. The standard InChI is InChI=1S/C14H29NO3/c1-11(2)10-18-9-8-15-13(4)7-5-6-12(3)14(16)17/h11-13,15H,5-10H2,1-4H3,(H,16,17). The number of hydrogen-bond acceptors (Lipinski definition) is 3. The molecule has 0 bridgehead atoms. The molecular weight excluding hydrogens is 230 g/mol. The van der Waals surface area contributed by atoms with Crippen molar-refractivity contribution < 1.29 is 14.6 Å². The molecule has 18 heavy (non-hydrogen) atoms. The molecule has 2 N–H and O–H groups in total. The van der Waals surface area contributed by atoms with Gasteiger partial charge in [-0.2, -0.15) is 0 Å². The maximum absolute atomic E-state index is 10.6. The Morgan fingerprint density at radius 1 is 1.22 bits per heavy atom. The van der Waals surface area contributed by atoms with E-state index >= 15 is 0 Å². The summed E-state index contributed by atoms with van der Waals surface area (Å²) in [5.74, 6) is -0.343. The van der Waals surface area contributed by atoms with Gasteiger partial charge in [0.25, 0.3) is 0 Å². The summed E-state index contributed by atoms with van der Waals surface area (Å²) in [7, 11) is 0. The van der Waals surface area contributed by atoms with E-state index in [1.807, 2.05) is 0 Å². The molecule has 0 rings (SSSR count). The van der Waals surface area contributed by atoms with Crippen LogP contribution in [-0.2, 0) is 9.53 Å². The number of ether oxygens (including phenoxy) is 1. The largest absolute Gasteiger partial charge is 0.481 e. The predicted molar refractivity (Wildman–Crippen MR) is 73.8 cm³/mol. The first kappa shape index (κ1) is 17.4. The molecule has 0 spiro atoms. The van der Waals surface area contributed by atoms with Crippen LogP contribution in [0.4, 0.5) is 0 Å². The first-order chi connectivity index (χ1) is 8.43. The Kier molecular flexibility index (Phi) is 9.98. The third-order valence-electron chi connectivity index (χ3n) is 2.89. The van der Waals surface area contributed by atoms with Crippen LogP contribution in [0.15, 0.2) is 0 Å². The Morgan fingerprint density at radius 2 is 1.89 bits per heavy atom. The van der Waals surface area contributed by atoms with Crippen molar-refractivity contribution in [1.82, 2.24) is 5.32 Å². The van der Waals surface area contributed by atoms with Crippen LogP contribution in [0, 0.1) is 11.8 Å². The Balaban J connectivity index is 3.37. The third-order valence-corrected chi connectivity index (χ3v) is 2.89. The van der Waals surface area contributed by atoms with Crippen LogP contribution in [0.2, 0.25) is 0 Å². The number of nitrogens with one attached hydrogen (secondary N) is 1. The van der Waals surface area contributed by atoms with Gasteiger partial charge in [0.05, 0.1) is 12.5 Å². The smallest absolute Gasteiger partial charge is 0.306 e. The zero-order chi connectivity index (χ0) is 14.0. The molecule has 0 aliphatic heterocycles. The first-order valence-electron chi connectivity index (χ1n) is 6.97. The molecule has 4 nitrogen and oxygen atoms in total. The van der Waals surface area contributed by atoms with E-state index in [9.17, 15) is 4.79 Å². The maximum atomic E-state index is 10.6. The van der Waals surface area contributed by atoms with Crippen molar-refractivity contribution in [3.63, 3.8) is 0 Å². The minimum atomic E-state index is -0.697. The van der Waals surface area contributed by atoms with Crippen LogP contribution in [0.1, 0.15) is 47.0 Å². The third kappa shape index (κ3) is 10.5. The number of carboxylic acids is 1.